The molecule has 2 aromatic rings. The Bertz CT molecular complexity index is 759. The Hall–Kier alpha value is -1.44. The largest absolute Gasteiger partial charge is 0.388 e. The van der Waals surface area contributed by atoms with Crippen molar-refractivity contribution in [2.75, 3.05) is 5.75 Å². The number of aryl methyl sites for hydroxylation is 1. The Kier molecular flexibility index (Phi) is 6.15. The van der Waals surface area contributed by atoms with Crippen LogP contribution in [0.2, 0.25) is 5.02 Å². The van der Waals surface area contributed by atoms with Crippen LogP contribution in [0.4, 0.5) is 0 Å². The molecule has 0 aliphatic heterocycles. The molecule has 0 amide bonds. The van der Waals surface area contributed by atoms with Crippen LogP contribution in [0.1, 0.15) is 31.2 Å². The van der Waals surface area contributed by atoms with Crippen molar-refractivity contribution in [1.29, 1.82) is 0 Å². The van der Waals surface area contributed by atoms with Crippen molar-refractivity contribution in [3.8, 4) is 0 Å². The van der Waals surface area contributed by atoms with Gasteiger partial charge in [-0.3, -0.25) is 4.57 Å². The first-order valence-corrected chi connectivity index (χ1v) is 9.51. The molecule has 8 heteroatoms. The van der Waals surface area contributed by atoms with Gasteiger partial charge in [0.15, 0.2) is 5.82 Å². The summed E-state index contributed by atoms with van der Waals surface area (Å²) >= 11 is 6.08. The van der Waals surface area contributed by atoms with Crippen LogP contribution in [0.15, 0.2) is 29.4 Å². The highest BCUT2D eigenvalue weighted by Crippen LogP contribution is 2.18. The second kappa shape index (κ2) is 7.90. The number of aliphatic hydroxyl groups is 1. The molecule has 1 N–H and O–H groups in total. The molecule has 0 saturated carbocycles. The number of benzene rings is 1. The lowest BCUT2D eigenvalue weighted by molar-refractivity contribution is 0.263. The number of aromatic nitrogens is 3. The molecule has 0 bridgehead atoms. The van der Waals surface area contributed by atoms with Crippen LogP contribution in [0.25, 0.3) is 0 Å². The average Bonchev–Trinajstić information content (AvgIpc) is 2.93. The van der Waals surface area contributed by atoms with Gasteiger partial charge in [0.05, 0.1) is 5.75 Å². The average molecular weight is 358 g/mol. The summed E-state index contributed by atoms with van der Waals surface area (Å²) in [5, 5.41) is 17.3. The summed E-state index contributed by atoms with van der Waals surface area (Å²) in [6, 6.07) is 7.39. The highest BCUT2D eigenvalue weighted by molar-refractivity contribution is 7.91. The van der Waals surface area contributed by atoms with Gasteiger partial charge in [-0.25, -0.2) is 8.42 Å². The lowest BCUT2D eigenvalue weighted by Gasteiger charge is -2.09. The molecule has 0 aliphatic carbocycles. The van der Waals surface area contributed by atoms with Crippen LogP contribution in [0.3, 0.4) is 0 Å². The fraction of sp³-hybridized carbons (Fsp3) is 0.467. The molecular formula is C15H20ClN3O3S. The Morgan fingerprint density at radius 1 is 1.26 bits per heavy atom. The third kappa shape index (κ3) is 4.31. The minimum Gasteiger partial charge on any atom is -0.388 e. The van der Waals surface area contributed by atoms with Crippen molar-refractivity contribution >= 4 is 21.4 Å². The normalized spacial score (nSPS) is 11.8. The molecule has 0 fully saturated rings. The Balaban J connectivity index is 2.10. The van der Waals surface area contributed by atoms with Crippen LogP contribution >= 0.6 is 11.6 Å². The summed E-state index contributed by atoms with van der Waals surface area (Å²) in [4.78, 5) is 0. The number of rotatable bonds is 8. The van der Waals surface area contributed by atoms with E-state index in [0.717, 1.165) is 12.0 Å². The van der Waals surface area contributed by atoms with E-state index in [1.54, 1.807) is 6.07 Å². The second-order valence-corrected chi connectivity index (χ2v) is 7.63. The van der Waals surface area contributed by atoms with Crippen LogP contribution in [-0.2, 0) is 29.4 Å². The minimum absolute atomic E-state index is 0.0362. The van der Waals surface area contributed by atoms with Gasteiger partial charge in [-0.05, 0) is 30.9 Å². The van der Waals surface area contributed by atoms with E-state index in [2.05, 4.69) is 10.2 Å². The maximum absolute atomic E-state index is 12.5. The van der Waals surface area contributed by atoms with Crippen molar-refractivity contribution in [2.24, 2.45) is 0 Å². The van der Waals surface area contributed by atoms with Crippen LogP contribution < -0.4 is 0 Å². The van der Waals surface area contributed by atoms with Gasteiger partial charge in [-0.15, -0.1) is 10.2 Å². The van der Waals surface area contributed by atoms with Crippen LogP contribution in [0.5, 0.6) is 0 Å². The zero-order valence-electron chi connectivity index (χ0n) is 12.9. The fourth-order valence-electron chi connectivity index (χ4n) is 2.36. The van der Waals surface area contributed by atoms with Gasteiger partial charge in [-0.2, -0.15) is 0 Å². The van der Waals surface area contributed by atoms with Gasteiger partial charge < -0.3 is 5.11 Å². The minimum atomic E-state index is -3.55. The van der Waals surface area contributed by atoms with Gasteiger partial charge in [0.2, 0.25) is 15.0 Å². The summed E-state index contributed by atoms with van der Waals surface area (Å²) in [7, 11) is -3.55. The number of nitrogens with zero attached hydrogens (tertiary/aromatic N) is 3. The van der Waals surface area contributed by atoms with E-state index in [-0.39, 0.29) is 23.3 Å². The fourth-order valence-corrected chi connectivity index (χ4v) is 3.99. The molecule has 126 valence electrons. The molecule has 2 rings (SSSR count). The first kappa shape index (κ1) is 17.9. The van der Waals surface area contributed by atoms with E-state index >= 15 is 0 Å². The van der Waals surface area contributed by atoms with E-state index in [4.69, 9.17) is 11.6 Å². The van der Waals surface area contributed by atoms with Crippen molar-refractivity contribution in [3.05, 3.63) is 40.7 Å². The standard InChI is InChI=1S/C15H20ClN3O3S/c1-2-9-19-14(11-20)17-18-15(19)23(21,22)10-5-7-12-6-3-4-8-13(12)16/h3-4,6,8,20H,2,5,7,9-11H2,1H3. The van der Waals surface area contributed by atoms with Crippen molar-refractivity contribution in [2.45, 2.75) is 44.5 Å². The van der Waals surface area contributed by atoms with Crippen molar-refractivity contribution < 1.29 is 13.5 Å². The van der Waals surface area contributed by atoms with E-state index < -0.39 is 9.84 Å². The molecule has 1 heterocycles. The van der Waals surface area contributed by atoms with Gasteiger partial charge in [0, 0.05) is 11.6 Å². The van der Waals surface area contributed by atoms with Crippen LogP contribution in [-0.4, -0.2) is 34.0 Å². The van der Waals surface area contributed by atoms with E-state index in [9.17, 15) is 13.5 Å². The first-order chi connectivity index (χ1) is 11.0. The zero-order chi connectivity index (χ0) is 16.9. The predicted octanol–water partition coefficient (Wildman–Crippen LogP) is 2.24. The monoisotopic (exact) mass is 357 g/mol. The number of hydrogen-bond donors (Lipinski definition) is 1. The summed E-state index contributed by atoms with van der Waals surface area (Å²) in [6.45, 7) is 2.05. The molecule has 1 aromatic carbocycles. The topological polar surface area (TPSA) is 85.1 Å². The summed E-state index contributed by atoms with van der Waals surface area (Å²) in [5.74, 6) is 0.238. The number of sulfone groups is 1. The maximum Gasteiger partial charge on any atom is 0.249 e. The molecule has 0 radical (unpaired) electrons. The number of hydrogen-bond acceptors (Lipinski definition) is 5. The Morgan fingerprint density at radius 3 is 2.65 bits per heavy atom. The summed E-state index contributed by atoms with van der Waals surface area (Å²) in [6.07, 6.45) is 1.75. The third-order valence-corrected chi connectivity index (χ3v) is 5.53. The highest BCUT2D eigenvalue weighted by atomic mass is 35.5. The molecule has 6 nitrogen and oxygen atoms in total. The molecule has 0 unspecified atom stereocenters. The molecule has 0 spiro atoms. The molecule has 0 atom stereocenters. The zero-order valence-corrected chi connectivity index (χ0v) is 14.5. The van der Waals surface area contributed by atoms with Gasteiger partial charge >= 0.3 is 0 Å². The number of halogens is 1. The lowest BCUT2D eigenvalue weighted by Crippen LogP contribution is -2.16. The van der Waals surface area contributed by atoms with Gasteiger partial charge in [0.25, 0.3) is 0 Å². The molecular weight excluding hydrogens is 338 g/mol. The molecule has 0 saturated heterocycles. The number of aliphatic hydroxyl groups excluding tert-OH is 1. The molecule has 0 aliphatic rings. The third-order valence-electron chi connectivity index (χ3n) is 3.48. The van der Waals surface area contributed by atoms with Gasteiger partial charge in [-0.1, -0.05) is 36.7 Å². The second-order valence-electron chi connectivity index (χ2n) is 5.22. The van der Waals surface area contributed by atoms with E-state index in [1.807, 2.05) is 25.1 Å². The quantitative estimate of drug-likeness (QED) is 0.783. The lowest BCUT2D eigenvalue weighted by atomic mass is 10.1. The smallest absolute Gasteiger partial charge is 0.249 e. The van der Waals surface area contributed by atoms with Crippen molar-refractivity contribution in [3.63, 3.8) is 0 Å². The van der Waals surface area contributed by atoms with Gasteiger partial charge in [0.1, 0.15) is 6.61 Å². The molecule has 23 heavy (non-hydrogen) atoms. The molecule has 1 aromatic heterocycles. The first-order valence-electron chi connectivity index (χ1n) is 7.48. The van der Waals surface area contributed by atoms with E-state index in [0.29, 0.717) is 24.4 Å². The Morgan fingerprint density at radius 2 is 2.00 bits per heavy atom. The summed E-state index contributed by atoms with van der Waals surface area (Å²) < 4.78 is 26.5. The Labute approximate surface area is 141 Å². The van der Waals surface area contributed by atoms with Crippen LogP contribution in [0, 0.1) is 0 Å². The maximum atomic E-state index is 12.5. The SMILES string of the molecule is CCCn1c(CO)nnc1S(=O)(=O)CCCc1ccccc1Cl. The summed E-state index contributed by atoms with van der Waals surface area (Å²) in [5.41, 5.74) is 0.926. The highest BCUT2D eigenvalue weighted by Gasteiger charge is 2.24. The van der Waals surface area contributed by atoms with E-state index in [1.165, 1.54) is 4.57 Å². The predicted molar refractivity (Wildman–Crippen MR) is 88.1 cm³/mol. The van der Waals surface area contributed by atoms with Crippen molar-refractivity contribution in [1.82, 2.24) is 14.8 Å².